The molecule has 0 saturated heterocycles. The summed E-state index contributed by atoms with van der Waals surface area (Å²) in [5.74, 6) is 0. The molecule has 90 heavy (non-hydrogen) atoms. The maximum atomic E-state index is 7.02. The van der Waals surface area contributed by atoms with Gasteiger partial charge in [0.05, 0.1) is 22.2 Å². The summed E-state index contributed by atoms with van der Waals surface area (Å²) in [6.07, 6.45) is 0. The van der Waals surface area contributed by atoms with Crippen molar-refractivity contribution in [2.75, 3.05) is 9.80 Å². The van der Waals surface area contributed by atoms with Crippen LogP contribution in [0.2, 0.25) is 0 Å². The SMILES string of the molecule is c1ccc(-c2cccc(N(c3ccc4c(c3)C(c3ccccc3)(C3(c5ccccc5)c5ccccc5-c5ccc(N(c6cccc(-c7ccccc7)c6)c6cccc7c6oc6ccccc67)cc53)c3ccccc3-4)c3cccc4c3oc3ccccc34)c2)cc1. The zero-order valence-corrected chi connectivity index (χ0v) is 49.0. The largest absolute Gasteiger partial charge is 0.454 e. The van der Waals surface area contributed by atoms with Crippen LogP contribution in [-0.4, -0.2) is 0 Å². The number of nitrogens with zero attached hydrogens (tertiary/aromatic N) is 2. The van der Waals surface area contributed by atoms with Gasteiger partial charge in [0, 0.05) is 44.3 Å². The predicted octanol–water partition coefficient (Wildman–Crippen LogP) is 23.1. The van der Waals surface area contributed by atoms with Gasteiger partial charge in [-0.25, -0.2) is 0 Å². The molecular formula is C86H56N2O2. The van der Waals surface area contributed by atoms with Crippen molar-refractivity contribution in [3.05, 3.63) is 373 Å². The first kappa shape index (κ1) is 51.5. The van der Waals surface area contributed by atoms with Crippen LogP contribution in [-0.2, 0) is 10.8 Å². The molecule has 4 nitrogen and oxygen atoms in total. The molecule has 2 atom stereocenters. The first-order valence-electron chi connectivity index (χ1n) is 31.0. The van der Waals surface area contributed by atoms with Crippen LogP contribution >= 0.6 is 0 Å². The van der Waals surface area contributed by atoms with Gasteiger partial charge in [-0.05, 0) is 151 Å². The summed E-state index contributed by atoms with van der Waals surface area (Å²) in [4.78, 5) is 4.86. The van der Waals surface area contributed by atoms with Gasteiger partial charge in [-0.3, -0.25) is 0 Å². The van der Waals surface area contributed by atoms with E-state index in [9.17, 15) is 0 Å². The van der Waals surface area contributed by atoms with Gasteiger partial charge in [-0.15, -0.1) is 0 Å². The molecule has 2 aliphatic rings. The molecule has 0 amide bonds. The molecular weight excluding hydrogens is 1090 g/mol. The van der Waals surface area contributed by atoms with E-state index >= 15 is 0 Å². The molecule has 0 bridgehead atoms. The summed E-state index contributed by atoms with van der Waals surface area (Å²) in [5.41, 5.74) is 24.0. The Hall–Kier alpha value is -11.7. The number of hydrogen-bond acceptors (Lipinski definition) is 4. The second-order valence-electron chi connectivity index (χ2n) is 23.8. The Labute approximate surface area is 522 Å². The van der Waals surface area contributed by atoms with Crippen LogP contribution in [0.15, 0.2) is 349 Å². The quantitative estimate of drug-likeness (QED) is 0.129. The lowest BCUT2D eigenvalue weighted by Crippen LogP contribution is -2.50. The van der Waals surface area contributed by atoms with Gasteiger partial charge in [-0.2, -0.15) is 0 Å². The number of rotatable bonds is 11. The lowest BCUT2D eigenvalue weighted by Gasteiger charge is -2.51. The molecule has 18 rings (SSSR count). The van der Waals surface area contributed by atoms with Crippen LogP contribution in [0, 0.1) is 0 Å². The maximum absolute atomic E-state index is 7.02. The highest BCUT2D eigenvalue weighted by molar-refractivity contribution is 6.12. The molecule has 0 fully saturated rings. The normalized spacial score (nSPS) is 15.4. The first-order chi connectivity index (χ1) is 44.6. The van der Waals surface area contributed by atoms with E-state index in [1.165, 1.54) is 55.6 Å². The minimum Gasteiger partial charge on any atom is -0.454 e. The van der Waals surface area contributed by atoms with E-state index < -0.39 is 10.8 Å². The summed E-state index contributed by atoms with van der Waals surface area (Å²) in [6, 6.07) is 125. The van der Waals surface area contributed by atoms with Gasteiger partial charge in [-0.1, -0.05) is 267 Å². The van der Waals surface area contributed by atoms with Crippen LogP contribution in [0.4, 0.5) is 34.1 Å². The van der Waals surface area contributed by atoms with Crippen molar-refractivity contribution in [3.63, 3.8) is 0 Å². The number of para-hydroxylation sites is 4. The fraction of sp³-hybridized carbons (Fsp3) is 0.0233. The standard InChI is InChI=1S/C86H56N2O2/c1-5-25-57(26-6-1)59-29-21-35-63(53-59)87(79-45-23-41-73-71-39-15-19-47-81(71)89-83(73)79)65-49-51-69-67-37-13-17-43-75(67)85(77(69)55-65,61-31-9-3-10-32-61)86(62-33-11-4-12-34-62)76-44-18-14-38-68(76)70-52-50-66(56-78(70)86)88(64-36-22-30-60(54-64)58-27-7-2-8-28-58)80-46-24-42-74-72-40-16-20-48-82(72)90-84(74)80/h1-56H. The zero-order chi connectivity index (χ0) is 59.3. The Kier molecular flexibility index (Phi) is 11.7. The molecule has 4 heteroatoms. The van der Waals surface area contributed by atoms with Crippen LogP contribution in [0.3, 0.4) is 0 Å². The topological polar surface area (TPSA) is 32.8 Å². The highest BCUT2D eigenvalue weighted by Gasteiger charge is 2.64. The summed E-state index contributed by atoms with van der Waals surface area (Å²) >= 11 is 0. The smallest absolute Gasteiger partial charge is 0.159 e. The molecule has 2 heterocycles. The fourth-order valence-corrected chi connectivity index (χ4v) is 15.6. The summed E-state index contributed by atoms with van der Waals surface area (Å²) in [5, 5.41) is 4.29. The monoisotopic (exact) mass is 1150 g/mol. The first-order valence-corrected chi connectivity index (χ1v) is 31.0. The molecule has 0 radical (unpaired) electrons. The lowest BCUT2D eigenvalue weighted by molar-refractivity contribution is 0.437. The second-order valence-corrected chi connectivity index (χ2v) is 23.8. The molecule has 0 N–H and O–H groups in total. The molecule has 0 aliphatic heterocycles. The molecule has 0 saturated carbocycles. The van der Waals surface area contributed by atoms with Crippen molar-refractivity contribution in [3.8, 4) is 44.5 Å². The van der Waals surface area contributed by atoms with E-state index in [1.54, 1.807) is 0 Å². The van der Waals surface area contributed by atoms with Gasteiger partial charge >= 0.3 is 0 Å². The molecule has 0 spiro atoms. The van der Waals surface area contributed by atoms with Crippen LogP contribution in [0.1, 0.15) is 33.4 Å². The number of furan rings is 2. The lowest BCUT2D eigenvalue weighted by atomic mass is 9.49. The average molecular weight is 1150 g/mol. The second kappa shape index (κ2) is 20.5. The van der Waals surface area contributed by atoms with Crippen molar-refractivity contribution in [2.24, 2.45) is 0 Å². The van der Waals surface area contributed by atoms with Crippen molar-refractivity contribution < 1.29 is 8.83 Å². The summed E-state index contributed by atoms with van der Waals surface area (Å²) < 4.78 is 14.0. The van der Waals surface area contributed by atoms with E-state index in [1.807, 2.05) is 0 Å². The fourth-order valence-electron chi connectivity index (χ4n) is 15.6. The Morgan fingerprint density at radius 1 is 0.222 bits per heavy atom. The van der Waals surface area contributed by atoms with E-state index in [4.69, 9.17) is 8.83 Å². The van der Waals surface area contributed by atoms with Crippen LogP contribution < -0.4 is 9.80 Å². The van der Waals surface area contributed by atoms with Crippen molar-refractivity contribution in [1.82, 2.24) is 0 Å². The highest BCUT2D eigenvalue weighted by atomic mass is 16.3. The highest BCUT2D eigenvalue weighted by Crippen LogP contribution is 2.70. The van der Waals surface area contributed by atoms with Crippen molar-refractivity contribution >= 4 is 78.0 Å². The summed E-state index contributed by atoms with van der Waals surface area (Å²) in [7, 11) is 0. The third kappa shape index (κ3) is 7.55. The van der Waals surface area contributed by atoms with Gasteiger partial charge in [0.2, 0.25) is 0 Å². The number of fused-ring (bicyclic) bond motifs is 12. The maximum Gasteiger partial charge on any atom is 0.159 e. The summed E-state index contributed by atoms with van der Waals surface area (Å²) in [6.45, 7) is 0. The molecule has 2 aromatic heterocycles. The van der Waals surface area contributed by atoms with Crippen molar-refractivity contribution in [2.45, 2.75) is 10.8 Å². The molecule has 14 aromatic carbocycles. The average Bonchev–Trinajstić information content (AvgIpc) is 1.46. The number of benzene rings is 14. The minimum absolute atomic E-state index is 0.825. The third-order valence-electron chi connectivity index (χ3n) is 19.2. The van der Waals surface area contributed by atoms with E-state index in [2.05, 4.69) is 350 Å². The van der Waals surface area contributed by atoms with Crippen molar-refractivity contribution in [1.29, 1.82) is 0 Å². The Bertz CT molecular complexity index is 5120. The Morgan fingerprint density at radius 2 is 0.556 bits per heavy atom. The molecule has 2 aliphatic carbocycles. The van der Waals surface area contributed by atoms with Gasteiger partial charge in [0.15, 0.2) is 11.2 Å². The molecule has 2 unspecified atom stereocenters. The van der Waals surface area contributed by atoms with Gasteiger partial charge in [0.1, 0.15) is 11.2 Å². The third-order valence-corrected chi connectivity index (χ3v) is 19.2. The van der Waals surface area contributed by atoms with Crippen LogP contribution in [0.25, 0.3) is 88.4 Å². The van der Waals surface area contributed by atoms with E-state index in [0.29, 0.717) is 0 Å². The predicted molar refractivity (Wildman–Crippen MR) is 371 cm³/mol. The zero-order valence-electron chi connectivity index (χ0n) is 49.0. The van der Waals surface area contributed by atoms with Crippen LogP contribution in [0.5, 0.6) is 0 Å². The van der Waals surface area contributed by atoms with Gasteiger partial charge < -0.3 is 18.6 Å². The Morgan fingerprint density at radius 3 is 1.00 bits per heavy atom. The minimum atomic E-state index is -0.933. The number of anilines is 6. The molecule has 422 valence electrons. The number of hydrogen-bond donors (Lipinski definition) is 0. The molecule has 16 aromatic rings. The van der Waals surface area contributed by atoms with E-state index in [0.717, 1.165) is 100 Å². The van der Waals surface area contributed by atoms with Gasteiger partial charge in [0.25, 0.3) is 0 Å². The van der Waals surface area contributed by atoms with E-state index in [-0.39, 0.29) is 0 Å². The Balaban J connectivity index is 0.954.